The van der Waals surface area contributed by atoms with E-state index in [1.807, 2.05) is 0 Å². The van der Waals surface area contributed by atoms with Crippen LogP contribution in [0, 0.1) is 6.92 Å². The van der Waals surface area contributed by atoms with Crippen molar-refractivity contribution in [3.63, 3.8) is 0 Å². The van der Waals surface area contributed by atoms with Gasteiger partial charge in [-0.2, -0.15) is 0 Å². The zero-order valence-corrected chi connectivity index (χ0v) is 11.9. The van der Waals surface area contributed by atoms with Gasteiger partial charge in [-0.15, -0.1) is 0 Å². The molecule has 0 radical (unpaired) electrons. The maximum absolute atomic E-state index is 2.28. The van der Waals surface area contributed by atoms with Crippen LogP contribution in [0.5, 0.6) is 0 Å². The van der Waals surface area contributed by atoms with Gasteiger partial charge in [-0.1, -0.05) is 66.7 Å². The van der Waals surface area contributed by atoms with Crippen molar-refractivity contribution in [2.45, 2.75) is 6.92 Å². The first-order valence-corrected chi connectivity index (χ1v) is 7.39. The van der Waals surface area contributed by atoms with Crippen molar-refractivity contribution in [1.82, 2.24) is 0 Å². The third-order valence-corrected chi connectivity index (χ3v) is 4.75. The predicted octanol–water partition coefficient (Wildman–Crippen LogP) is 5.95. The van der Waals surface area contributed by atoms with Crippen LogP contribution >= 0.6 is 0 Å². The molecule has 0 unspecified atom stereocenters. The Kier molecular flexibility index (Phi) is 1.97. The van der Waals surface area contributed by atoms with Crippen LogP contribution in [0.15, 0.2) is 66.7 Å². The van der Waals surface area contributed by atoms with E-state index in [4.69, 9.17) is 0 Å². The van der Waals surface area contributed by atoms with Gasteiger partial charge in [-0.05, 0) is 56.3 Å². The van der Waals surface area contributed by atoms with Crippen LogP contribution in [-0.2, 0) is 0 Å². The SMILES string of the molecule is Cc1ccc2c3c(cccc13)-c1c-2ccc2ccccc12. The lowest BCUT2D eigenvalue weighted by atomic mass is 9.97. The van der Waals surface area contributed by atoms with E-state index in [-0.39, 0.29) is 0 Å². The van der Waals surface area contributed by atoms with E-state index in [1.165, 1.54) is 49.4 Å². The largest absolute Gasteiger partial charge is 0.0616 e. The number of rotatable bonds is 0. The molecular formula is C21H14. The Bertz CT molecular complexity index is 1040. The molecule has 0 fully saturated rings. The second-order valence-electron chi connectivity index (χ2n) is 5.87. The lowest BCUT2D eigenvalue weighted by Crippen LogP contribution is -1.80. The zero-order chi connectivity index (χ0) is 14.0. The standard InChI is InChI=1S/C21H14/c1-13-9-11-17-18-12-10-14-5-2-3-6-16(14)21(18)19-8-4-7-15(13)20(17)19/h2-12H,1H3. The molecule has 0 saturated carbocycles. The monoisotopic (exact) mass is 266 g/mol. The Morgan fingerprint density at radius 2 is 1.38 bits per heavy atom. The lowest BCUT2D eigenvalue weighted by molar-refractivity contribution is 1.54. The fourth-order valence-corrected chi connectivity index (χ4v) is 3.77. The summed E-state index contributed by atoms with van der Waals surface area (Å²) in [5.74, 6) is 0. The average Bonchev–Trinajstić information content (AvgIpc) is 2.87. The Balaban J connectivity index is 2.07. The van der Waals surface area contributed by atoms with Gasteiger partial charge in [-0.3, -0.25) is 0 Å². The molecule has 0 saturated heterocycles. The number of aryl methyl sites for hydroxylation is 1. The van der Waals surface area contributed by atoms with Crippen molar-refractivity contribution in [2.24, 2.45) is 0 Å². The molecule has 4 aromatic carbocycles. The Hall–Kier alpha value is -2.60. The number of fused-ring (bicyclic) bond motifs is 5. The maximum Gasteiger partial charge on any atom is -0.00201 e. The number of hydrogen-bond acceptors (Lipinski definition) is 0. The fourth-order valence-electron chi connectivity index (χ4n) is 3.77. The fraction of sp³-hybridized carbons (Fsp3) is 0.0476. The van der Waals surface area contributed by atoms with E-state index in [1.54, 1.807) is 0 Å². The van der Waals surface area contributed by atoms with Crippen molar-refractivity contribution in [3.05, 3.63) is 72.3 Å². The normalized spacial score (nSPS) is 12.0. The summed E-state index contributed by atoms with van der Waals surface area (Å²) in [6, 6.07) is 24.4. The number of hydrogen-bond donors (Lipinski definition) is 0. The lowest BCUT2D eigenvalue weighted by Gasteiger charge is -2.06. The number of benzene rings is 4. The highest BCUT2D eigenvalue weighted by Crippen LogP contribution is 2.50. The first-order valence-electron chi connectivity index (χ1n) is 7.39. The molecule has 21 heavy (non-hydrogen) atoms. The summed E-state index contributed by atoms with van der Waals surface area (Å²) < 4.78 is 0. The van der Waals surface area contributed by atoms with Gasteiger partial charge >= 0.3 is 0 Å². The minimum Gasteiger partial charge on any atom is -0.0616 e. The molecule has 0 spiro atoms. The molecule has 0 bridgehead atoms. The van der Waals surface area contributed by atoms with Gasteiger partial charge in [0.15, 0.2) is 0 Å². The molecule has 1 aliphatic rings. The first-order chi connectivity index (χ1) is 10.3. The molecule has 0 aliphatic heterocycles. The van der Waals surface area contributed by atoms with Gasteiger partial charge < -0.3 is 0 Å². The molecule has 98 valence electrons. The van der Waals surface area contributed by atoms with Crippen molar-refractivity contribution >= 4 is 21.5 Å². The minimum absolute atomic E-state index is 1.32. The van der Waals surface area contributed by atoms with Crippen LogP contribution in [0.4, 0.5) is 0 Å². The van der Waals surface area contributed by atoms with Crippen LogP contribution in [0.3, 0.4) is 0 Å². The molecule has 5 rings (SSSR count). The van der Waals surface area contributed by atoms with Crippen molar-refractivity contribution in [3.8, 4) is 22.3 Å². The molecule has 0 aromatic heterocycles. The summed E-state index contributed by atoms with van der Waals surface area (Å²) in [6.45, 7) is 2.20. The van der Waals surface area contributed by atoms with E-state index in [0.29, 0.717) is 0 Å². The van der Waals surface area contributed by atoms with Crippen molar-refractivity contribution in [2.75, 3.05) is 0 Å². The molecule has 0 amide bonds. The highest BCUT2D eigenvalue weighted by Gasteiger charge is 2.23. The molecule has 4 aromatic rings. The topological polar surface area (TPSA) is 0 Å². The van der Waals surface area contributed by atoms with Gasteiger partial charge in [0.05, 0.1) is 0 Å². The summed E-state index contributed by atoms with van der Waals surface area (Å²) in [6.07, 6.45) is 0. The average molecular weight is 266 g/mol. The Morgan fingerprint density at radius 1 is 0.571 bits per heavy atom. The van der Waals surface area contributed by atoms with E-state index < -0.39 is 0 Å². The minimum atomic E-state index is 1.32. The molecule has 0 heterocycles. The third kappa shape index (κ3) is 1.30. The van der Waals surface area contributed by atoms with Gasteiger partial charge in [0.1, 0.15) is 0 Å². The molecule has 0 atom stereocenters. The Morgan fingerprint density at radius 3 is 2.33 bits per heavy atom. The summed E-state index contributed by atoms with van der Waals surface area (Å²) in [7, 11) is 0. The van der Waals surface area contributed by atoms with Crippen LogP contribution < -0.4 is 0 Å². The first kappa shape index (κ1) is 11.1. The molecular weight excluding hydrogens is 252 g/mol. The van der Waals surface area contributed by atoms with Crippen LogP contribution in [0.2, 0.25) is 0 Å². The third-order valence-electron chi connectivity index (χ3n) is 4.75. The zero-order valence-electron chi connectivity index (χ0n) is 11.9. The van der Waals surface area contributed by atoms with E-state index >= 15 is 0 Å². The predicted molar refractivity (Wildman–Crippen MR) is 90.6 cm³/mol. The second kappa shape index (κ2) is 3.73. The van der Waals surface area contributed by atoms with Gasteiger partial charge in [0.2, 0.25) is 0 Å². The Labute approximate surface area is 123 Å². The molecule has 0 N–H and O–H groups in total. The van der Waals surface area contributed by atoms with Gasteiger partial charge in [0, 0.05) is 0 Å². The highest BCUT2D eigenvalue weighted by atomic mass is 14.3. The highest BCUT2D eigenvalue weighted by molar-refractivity contribution is 6.21. The van der Waals surface area contributed by atoms with Crippen molar-refractivity contribution in [1.29, 1.82) is 0 Å². The van der Waals surface area contributed by atoms with E-state index in [2.05, 4.69) is 73.7 Å². The van der Waals surface area contributed by atoms with E-state index in [0.717, 1.165) is 0 Å². The van der Waals surface area contributed by atoms with Gasteiger partial charge in [-0.25, -0.2) is 0 Å². The van der Waals surface area contributed by atoms with Crippen LogP contribution in [-0.4, -0.2) is 0 Å². The maximum atomic E-state index is 2.28. The summed E-state index contributed by atoms with van der Waals surface area (Å²) in [4.78, 5) is 0. The molecule has 0 nitrogen and oxygen atoms in total. The second-order valence-corrected chi connectivity index (χ2v) is 5.87. The van der Waals surface area contributed by atoms with E-state index in [9.17, 15) is 0 Å². The molecule has 0 heteroatoms. The molecule has 1 aliphatic carbocycles. The van der Waals surface area contributed by atoms with Gasteiger partial charge in [0.25, 0.3) is 0 Å². The van der Waals surface area contributed by atoms with Crippen LogP contribution in [0.1, 0.15) is 5.56 Å². The smallest absolute Gasteiger partial charge is 0.00201 e. The summed E-state index contributed by atoms with van der Waals surface area (Å²) in [5.41, 5.74) is 6.90. The quantitative estimate of drug-likeness (QED) is 0.325. The van der Waals surface area contributed by atoms with Crippen LogP contribution in [0.25, 0.3) is 43.8 Å². The summed E-state index contributed by atoms with van der Waals surface area (Å²) >= 11 is 0. The van der Waals surface area contributed by atoms with Crippen molar-refractivity contribution < 1.29 is 0 Å². The summed E-state index contributed by atoms with van der Waals surface area (Å²) in [5, 5.41) is 5.48.